The maximum absolute atomic E-state index is 5.19. The molecular weight excluding hydrogens is 589 g/mol. The SMILES string of the molecule is c1ccc(-c2ccc3ccc4ccc(-c5cccc(-c6ccc7c(-c8ccccn8)nc(-c8ccccn8)nc7c6)c5)nc4c3n2)cc1. The van der Waals surface area contributed by atoms with E-state index in [1.165, 1.54) is 0 Å². The number of pyridine rings is 4. The van der Waals surface area contributed by atoms with Crippen LogP contribution >= 0.6 is 0 Å². The van der Waals surface area contributed by atoms with Crippen molar-refractivity contribution in [2.24, 2.45) is 0 Å². The standard InChI is InChI=1S/C42H26N6/c1-2-9-27(10-3-1)34-21-18-28-15-16-29-19-22-35(46-40(29)39(28)45-34)32-12-8-11-30(25-32)31-17-20-33-38(26-31)47-42(37-14-5-7-24-44-37)48-41(33)36-13-4-6-23-43-36/h1-26H. The molecule has 0 radical (unpaired) electrons. The maximum Gasteiger partial charge on any atom is 0.179 e. The topological polar surface area (TPSA) is 77.3 Å². The van der Waals surface area contributed by atoms with Gasteiger partial charge in [0.1, 0.15) is 11.4 Å². The molecule has 4 aromatic carbocycles. The first-order valence-electron chi connectivity index (χ1n) is 15.8. The molecule has 0 fully saturated rings. The van der Waals surface area contributed by atoms with Gasteiger partial charge in [-0.25, -0.2) is 19.9 Å². The van der Waals surface area contributed by atoms with Gasteiger partial charge in [0.2, 0.25) is 0 Å². The van der Waals surface area contributed by atoms with E-state index in [9.17, 15) is 0 Å². The zero-order valence-electron chi connectivity index (χ0n) is 25.7. The van der Waals surface area contributed by atoms with E-state index in [2.05, 4.69) is 101 Å². The highest BCUT2D eigenvalue weighted by Gasteiger charge is 2.15. The third kappa shape index (κ3) is 5.02. The van der Waals surface area contributed by atoms with Crippen LogP contribution in [0.25, 0.3) is 89.3 Å². The normalized spacial score (nSPS) is 11.3. The lowest BCUT2D eigenvalue weighted by molar-refractivity contribution is 1.16. The predicted molar refractivity (Wildman–Crippen MR) is 193 cm³/mol. The number of hydrogen-bond donors (Lipinski definition) is 0. The van der Waals surface area contributed by atoms with Crippen LogP contribution in [0.1, 0.15) is 0 Å². The summed E-state index contributed by atoms with van der Waals surface area (Å²) >= 11 is 0. The molecule has 0 amide bonds. The molecule has 0 saturated heterocycles. The summed E-state index contributed by atoms with van der Waals surface area (Å²) in [6.07, 6.45) is 3.54. The van der Waals surface area contributed by atoms with Crippen molar-refractivity contribution in [3.63, 3.8) is 0 Å². The van der Waals surface area contributed by atoms with Crippen molar-refractivity contribution in [1.29, 1.82) is 0 Å². The minimum absolute atomic E-state index is 0.561. The summed E-state index contributed by atoms with van der Waals surface area (Å²) in [6, 6.07) is 49.3. The van der Waals surface area contributed by atoms with Gasteiger partial charge in [0.25, 0.3) is 0 Å². The minimum atomic E-state index is 0.561. The molecule has 0 unspecified atom stereocenters. The van der Waals surface area contributed by atoms with Crippen LogP contribution < -0.4 is 0 Å². The van der Waals surface area contributed by atoms with Gasteiger partial charge in [-0.1, -0.05) is 91.0 Å². The van der Waals surface area contributed by atoms with E-state index in [0.717, 1.165) is 77.7 Å². The van der Waals surface area contributed by atoms with Gasteiger partial charge >= 0.3 is 0 Å². The molecule has 9 aromatic rings. The number of aromatic nitrogens is 6. The molecule has 0 N–H and O–H groups in total. The Morgan fingerprint density at radius 2 is 0.958 bits per heavy atom. The van der Waals surface area contributed by atoms with Crippen molar-refractivity contribution in [2.45, 2.75) is 0 Å². The molecule has 5 heterocycles. The van der Waals surface area contributed by atoms with Crippen molar-refractivity contribution in [3.05, 3.63) is 158 Å². The average molecular weight is 615 g/mol. The Bertz CT molecular complexity index is 2610. The van der Waals surface area contributed by atoms with E-state index < -0.39 is 0 Å². The average Bonchev–Trinajstić information content (AvgIpc) is 3.18. The van der Waals surface area contributed by atoms with Crippen molar-refractivity contribution < 1.29 is 0 Å². The summed E-state index contributed by atoms with van der Waals surface area (Å²) in [5.74, 6) is 0.561. The largest absolute Gasteiger partial charge is 0.255 e. The molecule has 0 atom stereocenters. The summed E-state index contributed by atoms with van der Waals surface area (Å²) < 4.78 is 0. The quantitative estimate of drug-likeness (QED) is 0.180. The third-order valence-electron chi connectivity index (χ3n) is 8.58. The summed E-state index contributed by atoms with van der Waals surface area (Å²) in [5.41, 5.74) is 10.9. The minimum Gasteiger partial charge on any atom is -0.255 e. The number of rotatable bonds is 5. The second-order valence-electron chi connectivity index (χ2n) is 11.6. The van der Waals surface area contributed by atoms with E-state index in [1.807, 2.05) is 54.6 Å². The van der Waals surface area contributed by atoms with E-state index in [1.54, 1.807) is 12.4 Å². The van der Waals surface area contributed by atoms with Crippen LogP contribution in [0.15, 0.2) is 158 Å². The number of nitrogens with zero attached hydrogens (tertiary/aromatic N) is 6. The number of hydrogen-bond acceptors (Lipinski definition) is 6. The van der Waals surface area contributed by atoms with E-state index in [-0.39, 0.29) is 0 Å². The van der Waals surface area contributed by atoms with Gasteiger partial charge in [-0.3, -0.25) is 9.97 Å². The van der Waals surface area contributed by atoms with Crippen LogP contribution in [-0.4, -0.2) is 29.9 Å². The molecular formula is C42H26N6. The van der Waals surface area contributed by atoms with Crippen LogP contribution in [0.3, 0.4) is 0 Å². The fourth-order valence-electron chi connectivity index (χ4n) is 6.17. The molecule has 6 nitrogen and oxygen atoms in total. The summed E-state index contributed by atoms with van der Waals surface area (Å²) in [4.78, 5) is 29.3. The van der Waals surface area contributed by atoms with Crippen molar-refractivity contribution >= 4 is 32.7 Å². The predicted octanol–water partition coefficient (Wildman–Crippen LogP) is 9.85. The highest BCUT2D eigenvalue weighted by atomic mass is 14.9. The first-order valence-corrected chi connectivity index (χ1v) is 15.8. The molecule has 224 valence electrons. The van der Waals surface area contributed by atoms with E-state index in [0.29, 0.717) is 11.5 Å². The highest BCUT2D eigenvalue weighted by Crippen LogP contribution is 2.33. The first-order chi connectivity index (χ1) is 23.8. The first kappa shape index (κ1) is 27.6. The van der Waals surface area contributed by atoms with Crippen LogP contribution in [0.4, 0.5) is 0 Å². The van der Waals surface area contributed by atoms with Crippen LogP contribution in [0.2, 0.25) is 0 Å². The van der Waals surface area contributed by atoms with Gasteiger partial charge < -0.3 is 0 Å². The third-order valence-corrected chi connectivity index (χ3v) is 8.58. The Labute approximate surface area is 276 Å². The Kier molecular flexibility index (Phi) is 6.68. The summed E-state index contributed by atoms with van der Waals surface area (Å²) in [7, 11) is 0. The molecule has 48 heavy (non-hydrogen) atoms. The maximum atomic E-state index is 5.19. The van der Waals surface area contributed by atoms with Crippen LogP contribution in [0.5, 0.6) is 0 Å². The fourth-order valence-corrected chi connectivity index (χ4v) is 6.17. The van der Waals surface area contributed by atoms with Gasteiger partial charge in [0.15, 0.2) is 5.82 Å². The molecule has 0 spiro atoms. The van der Waals surface area contributed by atoms with Gasteiger partial charge in [-0.15, -0.1) is 0 Å². The second kappa shape index (κ2) is 11.6. The van der Waals surface area contributed by atoms with E-state index in [4.69, 9.17) is 19.9 Å². The fraction of sp³-hybridized carbons (Fsp3) is 0. The Hall–Kier alpha value is -6.66. The molecule has 0 aliphatic heterocycles. The van der Waals surface area contributed by atoms with Gasteiger partial charge in [-0.05, 0) is 65.7 Å². The lowest BCUT2D eigenvalue weighted by Gasteiger charge is -2.11. The molecule has 0 aliphatic carbocycles. The van der Waals surface area contributed by atoms with Gasteiger partial charge in [0.05, 0.1) is 33.6 Å². The van der Waals surface area contributed by atoms with Gasteiger partial charge in [0, 0.05) is 39.7 Å². The molecule has 6 heteroatoms. The molecule has 0 aliphatic rings. The Balaban J connectivity index is 1.15. The van der Waals surface area contributed by atoms with Crippen molar-refractivity contribution in [1.82, 2.24) is 29.9 Å². The molecule has 0 saturated carbocycles. The number of fused-ring (bicyclic) bond motifs is 4. The van der Waals surface area contributed by atoms with Crippen molar-refractivity contribution in [3.8, 4) is 56.5 Å². The summed E-state index contributed by atoms with van der Waals surface area (Å²) in [5, 5.41) is 3.05. The van der Waals surface area contributed by atoms with Crippen LogP contribution in [-0.2, 0) is 0 Å². The second-order valence-corrected chi connectivity index (χ2v) is 11.6. The molecule has 5 aromatic heterocycles. The molecule has 9 rings (SSSR count). The van der Waals surface area contributed by atoms with Crippen molar-refractivity contribution in [2.75, 3.05) is 0 Å². The van der Waals surface area contributed by atoms with Gasteiger partial charge in [-0.2, -0.15) is 0 Å². The smallest absolute Gasteiger partial charge is 0.179 e. The van der Waals surface area contributed by atoms with Crippen LogP contribution in [0, 0.1) is 0 Å². The zero-order chi connectivity index (χ0) is 31.9. The van der Waals surface area contributed by atoms with E-state index >= 15 is 0 Å². The summed E-state index contributed by atoms with van der Waals surface area (Å²) in [6.45, 7) is 0. The lowest BCUT2D eigenvalue weighted by atomic mass is 9.99. The lowest BCUT2D eigenvalue weighted by Crippen LogP contribution is -1.97. The Morgan fingerprint density at radius 3 is 1.67 bits per heavy atom. The Morgan fingerprint density at radius 1 is 0.354 bits per heavy atom. The monoisotopic (exact) mass is 614 g/mol. The molecule has 0 bridgehead atoms. The zero-order valence-corrected chi connectivity index (χ0v) is 25.7. The highest BCUT2D eigenvalue weighted by molar-refractivity contribution is 6.04. The number of benzene rings is 4.